The molecule has 2 aliphatic heterocycles. The molecule has 0 spiro atoms. The summed E-state index contributed by atoms with van der Waals surface area (Å²) >= 11 is 0. The molecule has 2 fully saturated rings. The molecule has 9 nitrogen and oxygen atoms in total. The molecule has 0 N–H and O–H groups in total. The molecule has 0 aromatic heterocycles. The Hall–Kier alpha value is -2.42. The summed E-state index contributed by atoms with van der Waals surface area (Å²) in [5, 5.41) is 13.1. The molecule has 4 rings (SSSR count). The lowest BCUT2D eigenvalue weighted by atomic mass is 9.72. The average Bonchev–Trinajstić information content (AvgIpc) is 3.26. The molecule has 5 atom stereocenters. The highest BCUT2D eigenvalue weighted by Crippen LogP contribution is 2.57. The van der Waals surface area contributed by atoms with Gasteiger partial charge in [-0.3, -0.25) is 4.79 Å². The first-order valence-corrected chi connectivity index (χ1v) is 7.19. The molecule has 23 heavy (non-hydrogen) atoms. The number of nitrogens with zero attached hydrogens (tertiary/aromatic N) is 2. The Morgan fingerprint density at radius 2 is 2.04 bits per heavy atom. The van der Waals surface area contributed by atoms with Crippen molar-refractivity contribution in [2.45, 2.75) is 18.1 Å². The number of esters is 2. The summed E-state index contributed by atoms with van der Waals surface area (Å²) < 4.78 is 9.28. The van der Waals surface area contributed by atoms with Gasteiger partial charge in [0.15, 0.2) is 0 Å². The molecule has 0 unspecified atom stereocenters. The van der Waals surface area contributed by atoms with Crippen LogP contribution in [0.15, 0.2) is 12.2 Å². The van der Waals surface area contributed by atoms with Crippen LogP contribution in [0.4, 0.5) is 0 Å². The van der Waals surface area contributed by atoms with Gasteiger partial charge >= 0.3 is 17.7 Å². The first kappa shape index (κ1) is 14.2. The Kier molecular flexibility index (Phi) is 2.66. The summed E-state index contributed by atoms with van der Waals surface area (Å²) in [4.78, 5) is 42.9. The lowest BCUT2D eigenvalue weighted by molar-refractivity contribution is -0.716. The maximum absolute atomic E-state index is 12.9. The summed E-state index contributed by atoms with van der Waals surface area (Å²) in [5.41, 5.74) is -2.74. The Morgan fingerprint density at radius 1 is 1.35 bits per heavy atom. The second-order valence-electron chi connectivity index (χ2n) is 6.02. The van der Waals surface area contributed by atoms with E-state index in [9.17, 15) is 19.6 Å². The third kappa shape index (κ3) is 1.37. The summed E-state index contributed by atoms with van der Waals surface area (Å²) in [6.07, 6.45) is 4.15. The van der Waals surface area contributed by atoms with Crippen molar-refractivity contribution in [3.05, 3.63) is 17.4 Å². The Labute approximate surface area is 130 Å². The summed E-state index contributed by atoms with van der Waals surface area (Å²) in [7, 11) is 2.18. The van der Waals surface area contributed by atoms with Crippen LogP contribution >= 0.6 is 0 Å². The zero-order valence-electron chi connectivity index (χ0n) is 12.4. The molecule has 0 amide bonds. The van der Waals surface area contributed by atoms with Crippen LogP contribution in [0.2, 0.25) is 0 Å². The molecule has 2 aliphatic carbocycles. The minimum atomic E-state index is -1.96. The third-order valence-corrected chi connectivity index (χ3v) is 5.19. The Morgan fingerprint density at radius 3 is 2.70 bits per heavy atom. The van der Waals surface area contributed by atoms with Crippen LogP contribution in [0.25, 0.3) is 0 Å². The zero-order valence-corrected chi connectivity index (χ0v) is 12.4. The van der Waals surface area contributed by atoms with Crippen molar-refractivity contribution < 1.29 is 33.5 Å². The number of rotatable bonds is 2. The minimum Gasteiger partial charge on any atom is -0.594 e. The van der Waals surface area contributed by atoms with Gasteiger partial charge in [-0.15, -0.1) is 0 Å². The number of ether oxygens (including phenoxy) is 2. The quantitative estimate of drug-likeness (QED) is 0.208. The fraction of sp³-hybridized carbons (Fsp3) is 0.571. The van der Waals surface area contributed by atoms with E-state index in [0.29, 0.717) is 5.17 Å². The van der Waals surface area contributed by atoms with E-state index in [1.807, 2.05) is 12.2 Å². The Balaban J connectivity index is 1.88. The fourth-order valence-corrected chi connectivity index (χ4v) is 4.31. The van der Waals surface area contributed by atoms with Crippen LogP contribution in [-0.4, -0.2) is 59.3 Å². The molecule has 2 heterocycles. The molecule has 1 saturated heterocycles. The smallest absolute Gasteiger partial charge is 0.411 e. The predicted octanol–water partition coefficient (Wildman–Crippen LogP) is -1.04. The van der Waals surface area contributed by atoms with Crippen molar-refractivity contribution in [2.24, 2.45) is 17.8 Å². The predicted molar refractivity (Wildman–Crippen MR) is 71.3 cm³/mol. The number of ketones is 1. The third-order valence-electron chi connectivity index (χ3n) is 5.19. The minimum absolute atomic E-state index is 0.0167. The SMILES string of the molecule is COC(=O)C1=[N+]([O-])N2O[C@H]3[C@H]([C@@H]4C=C[C@H]3C4)[C@]2(C(=O)OC)C1=O. The number of hydroxylamine groups is 1. The van der Waals surface area contributed by atoms with Gasteiger partial charge in [-0.05, 0) is 22.4 Å². The standard InChI is InChI=1S/C14H14N2O7/c1-21-12(18)9-11(17)14(13(19)22-2)8-6-3-4-7(5-6)10(8)23-16(14)15(9)20/h3-4,6-8,10H,5H2,1-2H3/t6-,7+,8+,10-,14-/m1/s1. The van der Waals surface area contributed by atoms with Gasteiger partial charge in [0.05, 0.1) is 14.2 Å². The molecular formula is C14H14N2O7. The van der Waals surface area contributed by atoms with Crippen LogP contribution in [0.1, 0.15) is 6.42 Å². The van der Waals surface area contributed by atoms with E-state index in [0.717, 1.165) is 20.6 Å². The van der Waals surface area contributed by atoms with Gasteiger partial charge in [0, 0.05) is 11.8 Å². The van der Waals surface area contributed by atoms with Crippen molar-refractivity contribution >= 4 is 23.4 Å². The monoisotopic (exact) mass is 322 g/mol. The van der Waals surface area contributed by atoms with E-state index >= 15 is 0 Å². The molecule has 9 heteroatoms. The second kappa shape index (κ2) is 4.31. The molecule has 0 radical (unpaired) electrons. The van der Waals surface area contributed by atoms with E-state index in [-0.39, 0.29) is 16.7 Å². The van der Waals surface area contributed by atoms with Crippen LogP contribution in [0, 0.1) is 23.0 Å². The molecule has 122 valence electrons. The van der Waals surface area contributed by atoms with Crippen molar-refractivity contribution in [3.63, 3.8) is 0 Å². The van der Waals surface area contributed by atoms with Gasteiger partial charge in [-0.25, -0.2) is 14.4 Å². The van der Waals surface area contributed by atoms with E-state index in [1.165, 1.54) is 0 Å². The molecule has 0 aromatic carbocycles. The Bertz CT molecular complexity index is 699. The zero-order chi connectivity index (χ0) is 16.5. The maximum Gasteiger partial charge on any atom is 0.411 e. The molecular weight excluding hydrogens is 308 g/mol. The van der Waals surface area contributed by atoms with Crippen molar-refractivity contribution in [1.29, 1.82) is 0 Å². The summed E-state index contributed by atoms with van der Waals surface area (Å²) in [5.74, 6) is -3.59. The number of carbonyl (C=O) groups excluding carboxylic acids is 3. The number of hydrazone groups is 1. The van der Waals surface area contributed by atoms with Gasteiger partial charge in [0.2, 0.25) is 0 Å². The van der Waals surface area contributed by atoms with E-state index in [2.05, 4.69) is 4.74 Å². The van der Waals surface area contributed by atoms with E-state index in [4.69, 9.17) is 9.57 Å². The van der Waals surface area contributed by atoms with Crippen LogP contribution in [-0.2, 0) is 28.7 Å². The topological polar surface area (TPSA) is 108 Å². The summed E-state index contributed by atoms with van der Waals surface area (Å²) in [6, 6.07) is 0. The highest BCUT2D eigenvalue weighted by atomic mass is 16.8. The van der Waals surface area contributed by atoms with Gasteiger partial charge in [-0.1, -0.05) is 12.2 Å². The number of hydrogen-bond acceptors (Lipinski definition) is 8. The molecule has 1 saturated carbocycles. The maximum atomic E-state index is 12.9. The van der Waals surface area contributed by atoms with Crippen LogP contribution < -0.4 is 0 Å². The van der Waals surface area contributed by atoms with Crippen LogP contribution in [0.3, 0.4) is 0 Å². The molecule has 0 aromatic rings. The number of hydrazine groups is 1. The molecule has 2 bridgehead atoms. The van der Waals surface area contributed by atoms with Gasteiger partial charge < -0.3 is 14.7 Å². The lowest BCUT2D eigenvalue weighted by Gasteiger charge is -2.28. The number of fused-ring (bicyclic) bond motifs is 7. The van der Waals surface area contributed by atoms with Gasteiger partial charge in [-0.2, -0.15) is 0 Å². The highest BCUT2D eigenvalue weighted by Gasteiger charge is 2.80. The van der Waals surface area contributed by atoms with Crippen molar-refractivity contribution in [2.75, 3.05) is 14.2 Å². The number of Topliss-reactive ketones (excluding diaryl/α,β-unsaturated/α-hetero) is 1. The number of allylic oxidation sites excluding steroid dienone is 1. The van der Waals surface area contributed by atoms with Crippen molar-refractivity contribution in [1.82, 2.24) is 5.17 Å². The van der Waals surface area contributed by atoms with E-state index < -0.39 is 41.0 Å². The van der Waals surface area contributed by atoms with Gasteiger partial charge in [0.25, 0.3) is 11.3 Å². The van der Waals surface area contributed by atoms with E-state index in [1.54, 1.807) is 0 Å². The second-order valence-corrected chi connectivity index (χ2v) is 6.02. The fourth-order valence-electron chi connectivity index (χ4n) is 4.31. The van der Waals surface area contributed by atoms with Crippen LogP contribution in [0.5, 0.6) is 0 Å². The molecule has 4 aliphatic rings. The lowest BCUT2D eigenvalue weighted by Crippen LogP contribution is -2.60. The number of methoxy groups -OCH3 is 2. The first-order chi connectivity index (χ1) is 11.0. The first-order valence-electron chi connectivity index (χ1n) is 7.19. The van der Waals surface area contributed by atoms with Gasteiger partial charge in [0.1, 0.15) is 6.10 Å². The normalized spacial score (nSPS) is 39.7. The number of hydrogen-bond donors (Lipinski definition) is 0. The highest BCUT2D eigenvalue weighted by molar-refractivity contribution is 6.66. The number of carbonyl (C=O) groups is 3. The largest absolute Gasteiger partial charge is 0.594 e. The average molecular weight is 322 g/mol. The summed E-state index contributed by atoms with van der Waals surface area (Å²) in [6.45, 7) is 0. The van der Waals surface area contributed by atoms with Crippen molar-refractivity contribution in [3.8, 4) is 0 Å².